The highest BCUT2D eigenvalue weighted by Crippen LogP contribution is 2.46. The molecule has 6 heteroatoms. The number of nitrogens with two attached hydrogens (primary N) is 1. The van der Waals surface area contributed by atoms with Gasteiger partial charge in [-0.15, -0.1) is 11.8 Å². The molecule has 0 spiro atoms. The predicted molar refractivity (Wildman–Crippen MR) is 66.3 cm³/mol. The molecule has 3 N–H and O–H groups in total. The van der Waals surface area contributed by atoms with E-state index in [-0.39, 0.29) is 6.79 Å². The first-order valence-corrected chi connectivity index (χ1v) is 6.29. The summed E-state index contributed by atoms with van der Waals surface area (Å²) in [5, 5.41) is 6.67. The number of fused-ring (bicyclic) bond motifs is 1. The van der Waals surface area contributed by atoms with Gasteiger partial charge in [-0.25, -0.2) is 0 Å². The molecule has 0 bridgehead atoms. The van der Waals surface area contributed by atoms with Gasteiger partial charge in [-0.05, 0) is 18.4 Å². The summed E-state index contributed by atoms with van der Waals surface area (Å²) in [6, 6.07) is 3.87. The van der Waals surface area contributed by atoms with Crippen LogP contribution < -0.4 is 15.2 Å². The molecule has 0 fully saturated rings. The summed E-state index contributed by atoms with van der Waals surface area (Å²) in [7, 11) is 0. The van der Waals surface area contributed by atoms with Gasteiger partial charge < -0.3 is 15.2 Å². The summed E-state index contributed by atoms with van der Waals surface area (Å²) >= 11 is 1.61. The molecule has 88 valence electrons. The summed E-state index contributed by atoms with van der Waals surface area (Å²) in [5.41, 5.74) is 7.73. The highest BCUT2D eigenvalue weighted by molar-refractivity contribution is 7.98. The Bertz CT molecular complexity index is 568. The van der Waals surface area contributed by atoms with Gasteiger partial charge in [-0.2, -0.15) is 5.10 Å². The fourth-order valence-electron chi connectivity index (χ4n) is 1.87. The minimum absolute atomic E-state index is 0.271. The minimum atomic E-state index is 0.271. The second-order valence-electron chi connectivity index (χ2n) is 3.58. The standard InChI is InChI=1S/C11H11N3O2S/c1-17-10-6(7-4-13-14-11(7)12)2-3-8-9(10)16-5-15-8/h2-4H,5H2,1H3,(H3,12,13,14). The maximum absolute atomic E-state index is 5.84. The lowest BCUT2D eigenvalue weighted by atomic mass is 10.1. The fraction of sp³-hybridized carbons (Fsp3) is 0.182. The highest BCUT2D eigenvalue weighted by Gasteiger charge is 2.22. The molecule has 0 saturated heterocycles. The van der Waals surface area contributed by atoms with Gasteiger partial charge in [0, 0.05) is 11.1 Å². The topological polar surface area (TPSA) is 73.2 Å². The zero-order valence-electron chi connectivity index (χ0n) is 9.19. The van der Waals surface area contributed by atoms with E-state index in [1.807, 2.05) is 18.4 Å². The summed E-state index contributed by atoms with van der Waals surface area (Å²) in [5.74, 6) is 2.12. The van der Waals surface area contributed by atoms with E-state index < -0.39 is 0 Å². The Hall–Kier alpha value is -1.82. The van der Waals surface area contributed by atoms with Crippen LogP contribution in [-0.4, -0.2) is 23.2 Å². The summed E-state index contributed by atoms with van der Waals surface area (Å²) in [6.07, 6.45) is 3.71. The molecule has 0 aliphatic carbocycles. The van der Waals surface area contributed by atoms with Gasteiger partial charge in [-0.3, -0.25) is 5.10 Å². The number of H-pyrrole nitrogens is 1. The number of nitrogens with zero attached hydrogens (tertiary/aromatic N) is 1. The molecule has 1 aromatic heterocycles. The average Bonchev–Trinajstić information content (AvgIpc) is 2.95. The molecule has 5 nitrogen and oxygen atoms in total. The van der Waals surface area contributed by atoms with Gasteiger partial charge in [0.1, 0.15) is 5.82 Å². The van der Waals surface area contributed by atoms with Gasteiger partial charge in [0.05, 0.1) is 11.1 Å². The van der Waals surface area contributed by atoms with Crippen LogP contribution >= 0.6 is 11.8 Å². The van der Waals surface area contributed by atoms with Crippen LogP contribution in [0.25, 0.3) is 11.1 Å². The number of nitrogen functional groups attached to an aromatic ring is 1. The zero-order valence-corrected chi connectivity index (χ0v) is 10.0. The van der Waals surface area contributed by atoms with Crippen LogP contribution in [0.4, 0.5) is 5.82 Å². The minimum Gasteiger partial charge on any atom is -0.454 e. The second kappa shape index (κ2) is 3.89. The predicted octanol–water partition coefficient (Wildman–Crippen LogP) is 2.11. The van der Waals surface area contributed by atoms with Crippen LogP contribution in [0.2, 0.25) is 0 Å². The Labute approximate surface area is 102 Å². The molecule has 0 amide bonds. The van der Waals surface area contributed by atoms with Crippen LogP contribution in [0.5, 0.6) is 11.5 Å². The zero-order chi connectivity index (χ0) is 11.8. The van der Waals surface area contributed by atoms with E-state index in [4.69, 9.17) is 15.2 Å². The molecule has 3 rings (SSSR count). The average molecular weight is 249 g/mol. The van der Waals surface area contributed by atoms with Gasteiger partial charge in [-0.1, -0.05) is 0 Å². The van der Waals surface area contributed by atoms with E-state index in [0.29, 0.717) is 5.82 Å². The lowest BCUT2D eigenvalue weighted by Gasteiger charge is -2.09. The largest absolute Gasteiger partial charge is 0.454 e. The van der Waals surface area contributed by atoms with Crippen molar-refractivity contribution in [1.82, 2.24) is 10.2 Å². The molecule has 2 heterocycles. The quantitative estimate of drug-likeness (QED) is 0.797. The maximum atomic E-state index is 5.84. The summed E-state index contributed by atoms with van der Waals surface area (Å²) in [4.78, 5) is 1.02. The Morgan fingerprint density at radius 3 is 2.94 bits per heavy atom. The van der Waals surface area contributed by atoms with Crippen molar-refractivity contribution in [2.45, 2.75) is 4.90 Å². The Morgan fingerprint density at radius 2 is 2.24 bits per heavy atom. The maximum Gasteiger partial charge on any atom is 0.231 e. The van der Waals surface area contributed by atoms with Crippen molar-refractivity contribution in [2.75, 3.05) is 18.8 Å². The van der Waals surface area contributed by atoms with Crippen molar-refractivity contribution >= 4 is 17.6 Å². The number of aromatic nitrogens is 2. The number of ether oxygens (including phenoxy) is 2. The number of thioether (sulfide) groups is 1. The van der Waals surface area contributed by atoms with E-state index in [1.54, 1.807) is 18.0 Å². The van der Waals surface area contributed by atoms with E-state index in [0.717, 1.165) is 27.5 Å². The van der Waals surface area contributed by atoms with Gasteiger partial charge in [0.2, 0.25) is 6.79 Å². The number of anilines is 1. The van der Waals surface area contributed by atoms with Crippen LogP contribution in [0, 0.1) is 0 Å². The van der Waals surface area contributed by atoms with Crippen LogP contribution in [0.1, 0.15) is 0 Å². The molecule has 1 aliphatic rings. The van der Waals surface area contributed by atoms with Gasteiger partial charge in [0.25, 0.3) is 0 Å². The van der Waals surface area contributed by atoms with E-state index in [1.165, 1.54) is 0 Å². The molecular formula is C11H11N3O2S. The molecule has 17 heavy (non-hydrogen) atoms. The van der Waals surface area contributed by atoms with Crippen LogP contribution in [0.15, 0.2) is 23.2 Å². The lowest BCUT2D eigenvalue weighted by molar-refractivity contribution is 0.172. The van der Waals surface area contributed by atoms with Crippen LogP contribution in [-0.2, 0) is 0 Å². The Kier molecular flexibility index (Phi) is 2.36. The van der Waals surface area contributed by atoms with Crippen molar-refractivity contribution in [3.63, 3.8) is 0 Å². The first kappa shape index (κ1) is 10.3. The Morgan fingerprint density at radius 1 is 1.35 bits per heavy atom. The number of hydrogen-bond donors (Lipinski definition) is 2. The third-order valence-electron chi connectivity index (χ3n) is 2.66. The molecule has 1 aromatic carbocycles. The molecule has 2 aromatic rings. The van der Waals surface area contributed by atoms with Crippen molar-refractivity contribution in [1.29, 1.82) is 0 Å². The number of aromatic amines is 1. The summed E-state index contributed by atoms with van der Waals surface area (Å²) < 4.78 is 10.8. The van der Waals surface area contributed by atoms with Crippen molar-refractivity contribution < 1.29 is 9.47 Å². The second-order valence-corrected chi connectivity index (χ2v) is 4.39. The highest BCUT2D eigenvalue weighted by atomic mass is 32.2. The molecule has 0 radical (unpaired) electrons. The third-order valence-corrected chi connectivity index (χ3v) is 3.47. The first-order valence-electron chi connectivity index (χ1n) is 5.07. The summed E-state index contributed by atoms with van der Waals surface area (Å²) in [6.45, 7) is 0.271. The fourth-order valence-corrected chi connectivity index (χ4v) is 2.62. The number of nitrogens with one attached hydrogen (secondary N) is 1. The molecule has 1 aliphatic heterocycles. The smallest absolute Gasteiger partial charge is 0.231 e. The van der Waals surface area contributed by atoms with E-state index in [9.17, 15) is 0 Å². The third kappa shape index (κ3) is 1.52. The lowest BCUT2D eigenvalue weighted by Crippen LogP contribution is -1.93. The van der Waals surface area contributed by atoms with E-state index in [2.05, 4.69) is 10.2 Å². The van der Waals surface area contributed by atoms with E-state index >= 15 is 0 Å². The molecule has 0 saturated carbocycles. The van der Waals surface area contributed by atoms with Crippen LogP contribution in [0.3, 0.4) is 0 Å². The Balaban J connectivity index is 2.21. The van der Waals surface area contributed by atoms with Crippen molar-refractivity contribution in [2.24, 2.45) is 0 Å². The van der Waals surface area contributed by atoms with Gasteiger partial charge >= 0.3 is 0 Å². The molecule has 0 unspecified atom stereocenters. The van der Waals surface area contributed by atoms with Crippen molar-refractivity contribution in [3.8, 4) is 22.6 Å². The normalized spacial score (nSPS) is 13.0. The number of benzene rings is 1. The van der Waals surface area contributed by atoms with Crippen molar-refractivity contribution in [3.05, 3.63) is 18.3 Å². The first-order chi connectivity index (χ1) is 8.31. The van der Waals surface area contributed by atoms with Gasteiger partial charge in [0.15, 0.2) is 11.5 Å². The SMILES string of the molecule is CSc1c(-c2cn[nH]c2N)ccc2c1OCO2. The molecule has 0 atom stereocenters. The molecular weight excluding hydrogens is 238 g/mol. The number of hydrogen-bond acceptors (Lipinski definition) is 5. The number of rotatable bonds is 2. The monoisotopic (exact) mass is 249 g/mol.